The Labute approximate surface area is 146 Å². The molecule has 1 atom stereocenters. The molecule has 3 rings (SSSR count). The summed E-state index contributed by atoms with van der Waals surface area (Å²) in [5.41, 5.74) is 3.56. The standard InChI is InChI=1S/C18H23N3O2S/c1-3-17(22)21-11-24-10-16(21)18(23)19-7-6-13-9-20-15-8-12(2)4-5-14(13)15/h4-5,8-9,16,20H,3,6-7,10-11H2,1-2H3,(H,19,23)/t16-/m0/s1. The number of benzene rings is 1. The van der Waals surface area contributed by atoms with E-state index in [9.17, 15) is 9.59 Å². The van der Waals surface area contributed by atoms with Crippen LogP contribution in [0.3, 0.4) is 0 Å². The number of thioether (sulfide) groups is 1. The Hall–Kier alpha value is -1.95. The largest absolute Gasteiger partial charge is 0.361 e. The normalized spacial score (nSPS) is 17.4. The zero-order valence-electron chi connectivity index (χ0n) is 14.1. The first kappa shape index (κ1) is 16.9. The van der Waals surface area contributed by atoms with Crippen LogP contribution < -0.4 is 5.32 Å². The summed E-state index contributed by atoms with van der Waals surface area (Å²) in [5, 5.41) is 4.19. The molecule has 2 amide bonds. The molecule has 2 aromatic rings. The van der Waals surface area contributed by atoms with E-state index in [0.29, 0.717) is 24.6 Å². The van der Waals surface area contributed by atoms with E-state index in [0.717, 1.165) is 11.9 Å². The van der Waals surface area contributed by atoms with Crippen molar-refractivity contribution in [2.75, 3.05) is 18.2 Å². The zero-order chi connectivity index (χ0) is 17.1. The number of aryl methyl sites for hydroxylation is 1. The molecule has 1 aromatic heterocycles. The molecule has 1 saturated heterocycles. The van der Waals surface area contributed by atoms with Gasteiger partial charge < -0.3 is 15.2 Å². The number of nitrogens with zero attached hydrogens (tertiary/aromatic N) is 1. The number of amides is 2. The zero-order valence-corrected chi connectivity index (χ0v) is 14.9. The number of hydrogen-bond acceptors (Lipinski definition) is 3. The predicted molar refractivity (Wildman–Crippen MR) is 98.0 cm³/mol. The lowest BCUT2D eigenvalue weighted by Crippen LogP contribution is -2.47. The summed E-state index contributed by atoms with van der Waals surface area (Å²) < 4.78 is 0. The van der Waals surface area contributed by atoms with Crippen LogP contribution in [0, 0.1) is 6.92 Å². The van der Waals surface area contributed by atoms with Crippen molar-refractivity contribution in [2.24, 2.45) is 0 Å². The van der Waals surface area contributed by atoms with Gasteiger partial charge in [-0.15, -0.1) is 11.8 Å². The van der Waals surface area contributed by atoms with Crippen molar-refractivity contribution >= 4 is 34.5 Å². The van der Waals surface area contributed by atoms with Crippen molar-refractivity contribution in [3.8, 4) is 0 Å². The van der Waals surface area contributed by atoms with E-state index in [4.69, 9.17) is 0 Å². The molecular formula is C18H23N3O2S. The van der Waals surface area contributed by atoms with Gasteiger partial charge in [-0.2, -0.15) is 0 Å². The van der Waals surface area contributed by atoms with E-state index < -0.39 is 0 Å². The number of aromatic nitrogens is 1. The van der Waals surface area contributed by atoms with Gasteiger partial charge in [0, 0.05) is 35.8 Å². The molecule has 1 aliphatic rings. The Balaban J connectivity index is 1.57. The highest BCUT2D eigenvalue weighted by Gasteiger charge is 2.33. The number of nitrogens with one attached hydrogen (secondary N) is 2. The minimum atomic E-state index is -0.326. The van der Waals surface area contributed by atoms with Crippen LogP contribution in [0.1, 0.15) is 24.5 Å². The molecular weight excluding hydrogens is 322 g/mol. The number of rotatable bonds is 5. The Kier molecular flexibility index (Phi) is 5.14. The Morgan fingerprint density at radius 1 is 1.42 bits per heavy atom. The van der Waals surface area contributed by atoms with E-state index in [1.54, 1.807) is 16.7 Å². The molecule has 0 radical (unpaired) electrons. The monoisotopic (exact) mass is 345 g/mol. The van der Waals surface area contributed by atoms with Gasteiger partial charge in [-0.05, 0) is 30.5 Å². The van der Waals surface area contributed by atoms with Gasteiger partial charge in [0.15, 0.2) is 0 Å². The molecule has 128 valence electrons. The summed E-state index contributed by atoms with van der Waals surface area (Å²) in [6.45, 7) is 4.48. The molecule has 1 aromatic carbocycles. The molecule has 0 unspecified atom stereocenters. The maximum atomic E-state index is 12.4. The van der Waals surface area contributed by atoms with E-state index in [1.807, 2.05) is 13.1 Å². The molecule has 0 saturated carbocycles. The van der Waals surface area contributed by atoms with Crippen LogP contribution in [0.25, 0.3) is 10.9 Å². The molecule has 5 nitrogen and oxygen atoms in total. The van der Waals surface area contributed by atoms with Crippen LogP contribution >= 0.6 is 11.8 Å². The molecule has 24 heavy (non-hydrogen) atoms. The highest BCUT2D eigenvalue weighted by molar-refractivity contribution is 7.99. The first-order valence-corrected chi connectivity index (χ1v) is 9.47. The SMILES string of the molecule is CCC(=O)N1CSC[C@H]1C(=O)NCCc1c[nH]c2cc(C)ccc12. The number of H-pyrrole nitrogens is 1. The summed E-state index contributed by atoms with van der Waals surface area (Å²) in [6, 6.07) is 6.02. The Morgan fingerprint density at radius 3 is 3.04 bits per heavy atom. The van der Waals surface area contributed by atoms with Crippen molar-refractivity contribution in [1.29, 1.82) is 0 Å². The quantitative estimate of drug-likeness (QED) is 0.875. The minimum absolute atomic E-state index is 0.0440. The van der Waals surface area contributed by atoms with Crippen LogP contribution in [0.4, 0.5) is 0 Å². The van der Waals surface area contributed by atoms with E-state index in [2.05, 4.69) is 35.4 Å². The summed E-state index contributed by atoms with van der Waals surface area (Å²) in [5.74, 6) is 1.31. The van der Waals surface area contributed by atoms with Gasteiger partial charge in [0.2, 0.25) is 11.8 Å². The number of carbonyl (C=O) groups is 2. The Bertz CT molecular complexity index is 756. The van der Waals surface area contributed by atoms with Gasteiger partial charge in [-0.25, -0.2) is 0 Å². The maximum Gasteiger partial charge on any atom is 0.243 e. The van der Waals surface area contributed by atoms with E-state index >= 15 is 0 Å². The third-order valence-electron chi connectivity index (χ3n) is 4.42. The van der Waals surface area contributed by atoms with Gasteiger partial charge in [-0.3, -0.25) is 9.59 Å². The van der Waals surface area contributed by atoms with Crippen molar-refractivity contribution in [2.45, 2.75) is 32.7 Å². The second kappa shape index (κ2) is 7.30. The van der Waals surface area contributed by atoms with Crippen LogP contribution in [0.2, 0.25) is 0 Å². The average molecular weight is 345 g/mol. The van der Waals surface area contributed by atoms with Crippen molar-refractivity contribution in [1.82, 2.24) is 15.2 Å². The number of carbonyl (C=O) groups excluding carboxylic acids is 2. The molecule has 6 heteroatoms. The number of fused-ring (bicyclic) bond motifs is 1. The second-order valence-corrected chi connectivity index (χ2v) is 7.14. The van der Waals surface area contributed by atoms with Crippen molar-refractivity contribution in [3.05, 3.63) is 35.5 Å². The number of aromatic amines is 1. The van der Waals surface area contributed by atoms with Gasteiger partial charge >= 0.3 is 0 Å². The predicted octanol–water partition coefficient (Wildman–Crippen LogP) is 2.45. The fourth-order valence-corrected chi connectivity index (χ4v) is 4.23. The van der Waals surface area contributed by atoms with Crippen LogP contribution in [-0.4, -0.2) is 45.9 Å². The number of hydrogen-bond donors (Lipinski definition) is 2. The maximum absolute atomic E-state index is 12.4. The van der Waals surface area contributed by atoms with Gasteiger partial charge in [0.1, 0.15) is 6.04 Å². The lowest BCUT2D eigenvalue weighted by atomic mass is 10.1. The highest BCUT2D eigenvalue weighted by Crippen LogP contribution is 2.22. The van der Waals surface area contributed by atoms with Crippen molar-refractivity contribution in [3.63, 3.8) is 0 Å². The Morgan fingerprint density at radius 2 is 2.25 bits per heavy atom. The van der Waals surface area contributed by atoms with E-state index in [1.165, 1.54) is 16.5 Å². The smallest absolute Gasteiger partial charge is 0.243 e. The second-order valence-electron chi connectivity index (χ2n) is 6.14. The summed E-state index contributed by atoms with van der Waals surface area (Å²) in [6.07, 6.45) is 3.23. The molecule has 1 aliphatic heterocycles. The van der Waals surface area contributed by atoms with Crippen LogP contribution in [0.15, 0.2) is 24.4 Å². The highest BCUT2D eigenvalue weighted by atomic mass is 32.2. The molecule has 2 heterocycles. The minimum Gasteiger partial charge on any atom is -0.361 e. The fraction of sp³-hybridized carbons (Fsp3) is 0.444. The third kappa shape index (κ3) is 3.43. The van der Waals surface area contributed by atoms with Gasteiger partial charge in [0.05, 0.1) is 5.88 Å². The summed E-state index contributed by atoms with van der Waals surface area (Å²) in [7, 11) is 0. The lowest BCUT2D eigenvalue weighted by Gasteiger charge is -2.22. The summed E-state index contributed by atoms with van der Waals surface area (Å²) >= 11 is 1.64. The summed E-state index contributed by atoms with van der Waals surface area (Å²) in [4.78, 5) is 29.3. The molecule has 2 N–H and O–H groups in total. The van der Waals surface area contributed by atoms with Crippen LogP contribution in [0.5, 0.6) is 0 Å². The molecule has 0 bridgehead atoms. The average Bonchev–Trinajstić information content (AvgIpc) is 3.21. The third-order valence-corrected chi connectivity index (χ3v) is 5.44. The molecule has 1 fully saturated rings. The fourth-order valence-electron chi connectivity index (χ4n) is 3.05. The molecule has 0 aliphatic carbocycles. The molecule has 0 spiro atoms. The lowest BCUT2D eigenvalue weighted by molar-refractivity contribution is -0.137. The first-order chi connectivity index (χ1) is 11.6. The van der Waals surface area contributed by atoms with E-state index in [-0.39, 0.29) is 17.9 Å². The van der Waals surface area contributed by atoms with Crippen molar-refractivity contribution < 1.29 is 9.59 Å². The first-order valence-electron chi connectivity index (χ1n) is 8.31. The van der Waals surface area contributed by atoms with Gasteiger partial charge in [0.25, 0.3) is 0 Å². The van der Waals surface area contributed by atoms with Gasteiger partial charge in [-0.1, -0.05) is 19.1 Å². The topological polar surface area (TPSA) is 65.2 Å². The van der Waals surface area contributed by atoms with Crippen LogP contribution in [-0.2, 0) is 16.0 Å².